The third kappa shape index (κ3) is 2.93. The molecule has 1 unspecified atom stereocenters. The van der Waals surface area contributed by atoms with Gasteiger partial charge in [-0.1, -0.05) is 24.3 Å². The minimum Gasteiger partial charge on any atom is -0.353 e. The third-order valence-electron chi connectivity index (χ3n) is 5.35. The number of hydrogen-bond acceptors (Lipinski definition) is 4. The molecule has 0 amide bonds. The van der Waals surface area contributed by atoms with Gasteiger partial charge in [-0.05, 0) is 48.9 Å². The SMILES string of the molecule is CN(c1ccc(S(=O)(=O)N2CCCC2)cn1)C1CCc2ccccc21. The molecule has 0 saturated carbocycles. The maximum absolute atomic E-state index is 12.6. The van der Waals surface area contributed by atoms with Crippen LogP contribution in [0.15, 0.2) is 47.5 Å². The summed E-state index contributed by atoms with van der Waals surface area (Å²) in [6.07, 6.45) is 5.52. The average molecular weight is 357 g/mol. The van der Waals surface area contributed by atoms with Gasteiger partial charge in [-0.3, -0.25) is 0 Å². The van der Waals surface area contributed by atoms with Crippen molar-refractivity contribution in [1.82, 2.24) is 9.29 Å². The highest BCUT2D eigenvalue weighted by molar-refractivity contribution is 7.89. The van der Waals surface area contributed by atoms with Crippen molar-refractivity contribution in [2.45, 2.75) is 36.6 Å². The Bertz CT molecular complexity index is 858. The standard InChI is InChI=1S/C19H23N3O2S/c1-21(18-10-8-15-6-2-3-7-17(15)18)19-11-9-16(14-20-19)25(23,24)22-12-4-5-13-22/h2-3,6-7,9,11,14,18H,4-5,8,10,12-13H2,1H3. The molecule has 1 fully saturated rings. The Morgan fingerprint density at radius 2 is 1.88 bits per heavy atom. The molecular weight excluding hydrogens is 334 g/mol. The molecule has 132 valence electrons. The van der Waals surface area contributed by atoms with Gasteiger partial charge in [-0.25, -0.2) is 13.4 Å². The van der Waals surface area contributed by atoms with Gasteiger partial charge < -0.3 is 4.90 Å². The molecule has 1 aromatic carbocycles. The minimum atomic E-state index is -3.40. The lowest BCUT2D eigenvalue weighted by Crippen LogP contribution is -2.28. The van der Waals surface area contributed by atoms with Gasteiger partial charge in [0.05, 0.1) is 6.04 Å². The van der Waals surface area contributed by atoms with Crippen LogP contribution in [-0.2, 0) is 16.4 Å². The lowest BCUT2D eigenvalue weighted by molar-refractivity contribution is 0.477. The van der Waals surface area contributed by atoms with Crippen molar-refractivity contribution in [3.05, 3.63) is 53.7 Å². The van der Waals surface area contributed by atoms with Gasteiger partial charge >= 0.3 is 0 Å². The van der Waals surface area contributed by atoms with Crippen molar-refractivity contribution >= 4 is 15.8 Å². The van der Waals surface area contributed by atoms with Gasteiger partial charge in [-0.2, -0.15) is 4.31 Å². The minimum absolute atomic E-state index is 0.290. The van der Waals surface area contributed by atoms with E-state index in [9.17, 15) is 8.42 Å². The zero-order valence-corrected chi connectivity index (χ0v) is 15.2. The number of rotatable bonds is 4. The monoisotopic (exact) mass is 357 g/mol. The van der Waals surface area contributed by atoms with Crippen LogP contribution in [0.1, 0.15) is 36.4 Å². The number of fused-ring (bicyclic) bond motifs is 1. The first-order chi connectivity index (χ1) is 12.1. The van der Waals surface area contributed by atoms with Crippen molar-refractivity contribution in [2.75, 3.05) is 25.0 Å². The molecule has 0 radical (unpaired) electrons. The fourth-order valence-corrected chi connectivity index (χ4v) is 5.37. The van der Waals surface area contributed by atoms with E-state index in [1.54, 1.807) is 10.4 Å². The number of hydrogen-bond donors (Lipinski definition) is 0. The normalized spacial score (nSPS) is 20.6. The summed E-state index contributed by atoms with van der Waals surface area (Å²) in [5.41, 5.74) is 2.74. The molecule has 1 aromatic heterocycles. The molecule has 5 nitrogen and oxygen atoms in total. The van der Waals surface area contributed by atoms with Crippen molar-refractivity contribution in [2.24, 2.45) is 0 Å². The van der Waals surface area contributed by atoms with E-state index in [-0.39, 0.29) is 0 Å². The van der Waals surface area contributed by atoms with Crippen molar-refractivity contribution in [1.29, 1.82) is 0 Å². The second-order valence-electron chi connectivity index (χ2n) is 6.83. The predicted molar refractivity (Wildman–Crippen MR) is 98.1 cm³/mol. The lowest BCUT2D eigenvalue weighted by Gasteiger charge is -2.26. The van der Waals surface area contributed by atoms with Crippen LogP contribution in [-0.4, -0.2) is 37.8 Å². The zero-order valence-electron chi connectivity index (χ0n) is 14.4. The Labute approximate surface area is 149 Å². The van der Waals surface area contributed by atoms with E-state index >= 15 is 0 Å². The largest absolute Gasteiger partial charge is 0.353 e. The zero-order chi connectivity index (χ0) is 17.4. The van der Waals surface area contributed by atoms with Crippen LogP contribution >= 0.6 is 0 Å². The van der Waals surface area contributed by atoms with Crippen LogP contribution in [0.2, 0.25) is 0 Å². The van der Waals surface area contributed by atoms with Gasteiger partial charge in [0.2, 0.25) is 10.0 Å². The van der Waals surface area contributed by atoms with Crippen molar-refractivity contribution < 1.29 is 8.42 Å². The first-order valence-electron chi connectivity index (χ1n) is 8.84. The van der Waals surface area contributed by atoms with E-state index in [4.69, 9.17) is 0 Å². The smallest absolute Gasteiger partial charge is 0.244 e. The Balaban J connectivity index is 1.56. The number of sulfonamides is 1. The van der Waals surface area contributed by atoms with Crippen molar-refractivity contribution in [3.63, 3.8) is 0 Å². The van der Waals surface area contributed by atoms with Gasteiger partial charge in [0.15, 0.2) is 0 Å². The van der Waals surface area contributed by atoms with Crippen LogP contribution < -0.4 is 4.90 Å². The Morgan fingerprint density at radius 1 is 1.12 bits per heavy atom. The van der Waals surface area contributed by atoms with Gasteiger partial charge in [0, 0.05) is 26.3 Å². The second kappa shape index (κ2) is 6.42. The topological polar surface area (TPSA) is 53.5 Å². The molecule has 2 heterocycles. The van der Waals surface area contributed by atoms with E-state index in [1.165, 1.54) is 17.3 Å². The summed E-state index contributed by atoms with van der Waals surface area (Å²) in [5.74, 6) is 0.807. The van der Waals surface area contributed by atoms with E-state index in [2.05, 4.69) is 34.1 Å². The Kier molecular flexibility index (Phi) is 4.25. The molecule has 0 bridgehead atoms. The number of aromatic nitrogens is 1. The molecule has 1 aliphatic carbocycles. The molecule has 0 spiro atoms. The fraction of sp³-hybridized carbons (Fsp3) is 0.421. The Morgan fingerprint density at radius 3 is 2.60 bits per heavy atom. The Hall–Kier alpha value is -1.92. The number of aryl methyl sites for hydroxylation is 1. The van der Waals surface area contributed by atoms with Crippen LogP contribution in [0.25, 0.3) is 0 Å². The van der Waals surface area contributed by atoms with Gasteiger partial charge in [0.25, 0.3) is 0 Å². The second-order valence-corrected chi connectivity index (χ2v) is 8.77. The summed E-state index contributed by atoms with van der Waals surface area (Å²) in [6, 6.07) is 12.3. The molecule has 6 heteroatoms. The predicted octanol–water partition coefficient (Wildman–Crippen LogP) is 2.99. The summed E-state index contributed by atoms with van der Waals surface area (Å²) in [5, 5.41) is 0. The summed E-state index contributed by atoms with van der Waals surface area (Å²) in [4.78, 5) is 6.89. The van der Waals surface area contributed by atoms with Crippen molar-refractivity contribution in [3.8, 4) is 0 Å². The van der Waals surface area contributed by atoms with E-state index in [1.807, 2.05) is 13.1 Å². The summed E-state index contributed by atoms with van der Waals surface area (Å²) < 4.78 is 26.8. The lowest BCUT2D eigenvalue weighted by atomic mass is 10.1. The fourth-order valence-electron chi connectivity index (χ4n) is 3.91. The molecule has 2 aliphatic rings. The van der Waals surface area contributed by atoms with Crippen LogP contribution in [0.4, 0.5) is 5.82 Å². The molecule has 2 aromatic rings. The number of nitrogens with zero attached hydrogens (tertiary/aromatic N) is 3. The summed E-state index contributed by atoms with van der Waals surface area (Å²) in [6.45, 7) is 1.23. The number of benzene rings is 1. The van der Waals surface area contributed by atoms with Crippen LogP contribution in [0.3, 0.4) is 0 Å². The molecule has 1 saturated heterocycles. The van der Waals surface area contributed by atoms with Crippen LogP contribution in [0.5, 0.6) is 0 Å². The molecule has 1 atom stereocenters. The molecule has 0 N–H and O–H groups in total. The van der Waals surface area contributed by atoms with E-state index in [0.717, 1.165) is 31.5 Å². The quantitative estimate of drug-likeness (QED) is 0.844. The average Bonchev–Trinajstić information content (AvgIpc) is 3.31. The highest BCUT2D eigenvalue weighted by Crippen LogP contribution is 2.36. The summed E-state index contributed by atoms with van der Waals surface area (Å²) in [7, 11) is -1.37. The highest BCUT2D eigenvalue weighted by atomic mass is 32.2. The maximum atomic E-state index is 12.6. The van der Waals surface area contributed by atoms with E-state index < -0.39 is 10.0 Å². The maximum Gasteiger partial charge on any atom is 0.244 e. The number of anilines is 1. The molecule has 1 aliphatic heterocycles. The first-order valence-corrected chi connectivity index (χ1v) is 10.3. The number of pyridine rings is 1. The first kappa shape index (κ1) is 16.5. The highest BCUT2D eigenvalue weighted by Gasteiger charge is 2.29. The molecule has 4 rings (SSSR count). The van der Waals surface area contributed by atoms with Crippen LogP contribution in [0, 0.1) is 0 Å². The molecular formula is C19H23N3O2S. The van der Waals surface area contributed by atoms with E-state index in [0.29, 0.717) is 24.0 Å². The van der Waals surface area contributed by atoms with Gasteiger partial charge in [0.1, 0.15) is 10.7 Å². The summed E-state index contributed by atoms with van der Waals surface area (Å²) >= 11 is 0. The molecule has 25 heavy (non-hydrogen) atoms. The van der Waals surface area contributed by atoms with Gasteiger partial charge in [-0.15, -0.1) is 0 Å². The third-order valence-corrected chi connectivity index (χ3v) is 7.24.